The molecule has 0 bridgehead atoms. The molecular weight excluding hydrogens is 126 g/mol. The molecule has 0 rings (SSSR count). The molecule has 0 aliphatic heterocycles. The van der Waals surface area contributed by atoms with Crippen molar-refractivity contribution in [2.45, 2.75) is 32.8 Å². The van der Waals surface area contributed by atoms with Crippen LogP contribution >= 0.6 is 0 Å². The van der Waals surface area contributed by atoms with Crippen LogP contribution in [-0.2, 0) is 4.74 Å². The highest BCUT2D eigenvalue weighted by atomic mass is 16.5. The van der Waals surface area contributed by atoms with Crippen LogP contribution in [0.5, 0.6) is 0 Å². The normalized spacial score (nSPS) is 12.0. The molecule has 1 N–H and O–H groups in total. The lowest BCUT2D eigenvalue weighted by atomic mass is 10.1. The predicted molar refractivity (Wildman–Crippen MR) is 44.2 cm³/mol. The molecule has 0 fully saturated rings. The summed E-state index contributed by atoms with van der Waals surface area (Å²) >= 11 is 0. The van der Waals surface area contributed by atoms with Gasteiger partial charge in [-0.2, -0.15) is 0 Å². The molecule has 0 heterocycles. The fourth-order valence-corrected chi connectivity index (χ4v) is 0.531. The van der Waals surface area contributed by atoms with E-state index in [4.69, 9.17) is 4.74 Å². The van der Waals surface area contributed by atoms with Crippen LogP contribution in [0, 0.1) is 0 Å². The first-order valence-electron chi connectivity index (χ1n) is 3.91. The van der Waals surface area contributed by atoms with Gasteiger partial charge in [0.25, 0.3) is 0 Å². The molecule has 62 valence electrons. The minimum Gasteiger partial charge on any atom is -0.374 e. The van der Waals surface area contributed by atoms with E-state index in [1.165, 1.54) is 0 Å². The van der Waals surface area contributed by atoms with Crippen molar-refractivity contribution in [1.82, 2.24) is 5.32 Å². The van der Waals surface area contributed by atoms with Crippen molar-refractivity contribution in [2.24, 2.45) is 0 Å². The number of likely N-dealkylation sites (N-methyl/N-ethyl adjacent to an activating group) is 1. The first kappa shape index (κ1) is 9.92. The molecule has 0 aliphatic carbocycles. The van der Waals surface area contributed by atoms with E-state index in [0.29, 0.717) is 0 Å². The Morgan fingerprint density at radius 3 is 2.40 bits per heavy atom. The molecule has 0 aromatic rings. The SMILES string of the molecule is CCC(C)(C)OCCNC. The second kappa shape index (κ2) is 4.69. The van der Waals surface area contributed by atoms with Gasteiger partial charge in [-0.3, -0.25) is 0 Å². The van der Waals surface area contributed by atoms with Gasteiger partial charge in [0.2, 0.25) is 0 Å². The fourth-order valence-electron chi connectivity index (χ4n) is 0.531. The Bertz CT molecular complexity index is 81.3. The summed E-state index contributed by atoms with van der Waals surface area (Å²) in [7, 11) is 1.93. The van der Waals surface area contributed by atoms with Crippen molar-refractivity contribution < 1.29 is 4.74 Å². The molecule has 2 heteroatoms. The van der Waals surface area contributed by atoms with Crippen LogP contribution in [0.3, 0.4) is 0 Å². The van der Waals surface area contributed by atoms with Crippen LogP contribution in [0.1, 0.15) is 27.2 Å². The van der Waals surface area contributed by atoms with E-state index in [1.54, 1.807) is 0 Å². The van der Waals surface area contributed by atoms with Crippen LogP contribution in [-0.4, -0.2) is 25.8 Å². The van der Waals surface area contributed by atoms with Gasteiger partial charge in [0, 0.05) is 6.54 Å². The van der Waals surface area contributed by atoms with Gasteiger partial charge in [0.15, 0.2) is 0 Å². The summed E-state index contributed by atoms with van der Waals surface area (Å²) in [6.07, 6.45) is 1.07. The van der Waals surface area contributed by atoms with Gasteiger partial charge in [-0.1, -0.05) is 6.92 Å². The van der Waals surface area contributed by atoms with E-state index in [2.05, 4.69) is 26.1 Å². The van der Waals surface area contributed by atoms with Crippen molar-refractivity contribution in [3.05, 3.63) is 0 Å². The van der Waals surface area contributed by atoms with Gasteiger partial charge in [0.1, 0.15) is 0 Å². The molecule has 0 spiro atoms. The van der Waals surface area contributed by atoms with Gasteiger partial charge in [-0.15, -0.1) is 0 Å². The molecule has 0 amide bonds. The maximum absolute atomic E-state index is 5.56. The average molecular weight is 145 g/mol. The Hall–Kier alpha value is -0.0800. The van der Waals surface area contributed by atoms with E-state index in [-0.39, 0.29) is 5.60 Å². The third-order valence-corrected chi connectivity index (χ3v) is 1.70. The van der Waals surface area contributed by atoms with Gasteiger partial charge < -0.3 is 10.1 Å². The molecule has 0 saturated heterocycles. The zero-order valence-electron chi connectivity index (χ0n) is 7.53. The third-order valence-electron chi connectivity index (χ3n) is 1.70. The minimum absolute atomic E-state index is 0.0524. The molecule has 0 aromatic carbocycles. The average Bonchev–Trinajstić information content (AvgIpc) is 1.89. The smallest absolute Gasteiger partial charge is 0.0624 e. The molecule has 2 nitrogen and oxygen atoms in total. The Morgan fingerprint density at radius 1 is 1.40 bits per heavy atom. The highest BCUT2D eigenvalue weighted by Gasteiger charge is 2.13. The molecule has 0 unspecified atom stereocenters. The van der Waals surface area contributed by atoms with Crippen LogP contribution in [0.2, 0.25) is 0 Å². The van der Waals surface area contributed by atoms with Crippen LogP contribution in [0.25, 0.3) is 0 Å². The summed E-state index contributed by atoms with van der Waals surface area (Å²) in [5, 5.41) is 3.04. The zero-order valence-corrected chi connectivity index (χ0v) is 7.53. The summed E-state index contributed by atoms with van der Waals surface area (Å²) in [4.78, 5) is 0. The van der Waals surface area contributed by atoms with Gasteiger partial charge in [-0.05, 0) is 27.3 Å². The lowest BCUT2D eigenvalue weighted by molar-refractivity contribution is -0.0175. The van der Waals surface area contributed by atoms with E-state index in [9.17, 15) is 0 Å². The lowest BCUT2D eigenvalue weighted by Gasteiger charge is -2.23. The topological polar surface area (TPSA) is 21.3 Å². The summed E-state index contributed by atoms with van der Waals surface area (Å²) in [5.41, 5.74) is 0.0524. The van der Waals surface area contributed by atoms with Crippen molar-refractivity contribution in [1.29, 1.82) is 0 Å². The molecule has 10 heavy (non-hydrogen) atoms. The Balaban J connectivity index is 3.28. The van der Waals surface area contributed by atoms with Crippen LogP contribution < -0.4 is 5.32 Å². The lowest BCUT2D eigenvalue weighted by Crippen LogP contribution is -2.27. The standard InChI is InChI=1S/C8H19NO/c1-5-8(2,3)10-7-6-9-4/h9H,5-7H2,1-4H3. The van der Waals surface area contributed by atoms with Gasteiger partial charge in [0.05, 0.1) is 12.2 Å². The maximum Gasteiger partial charge on any atom is 0.0624 e. The van der Waals surface area contributed by atoms with Crippen LogP contribution in [0.4, 0.5) is 0 Å². The van der Waals surface area contributed by atoms with Crippen molar-refractivity contribution in [3.63, 3.8) is 0 Å². The molecule has 0 aromatic heterocycles. The van der Waals surface area contributed by atoms with E-state index in [1.807, 2.05) is 7.05 Å². The summed E-state index contributed by atoms with van der Waals surface area (Å²) in [5.74, 6) is 0. The van der Waals surface area contributed by atoms with Crippen LogP contribution in [0.15, 0.2) is 0 Å². The number of hydrogen-bond donors (Lipinski definition) is 1. The number of rotatable bonds is 5. The van der Waals surface area contributed by atoms with E-state index >= 15 is 0 Å². The molecule has 0 radical (unpaired) electrons. The van der Waals surface area contributed by atoms with Crippen molar-refractivity contribution in [2.75, 3.05) is 20.2 Å². The Labute approximate surface area is 64.0 Å². The quantitative estimate of drug-likeness (QED) is 0.591. The second-order valence-corrected chi connectivity index (χ2v) is 3.07. The molecule has 0 saturated carbocycles. The van der Waals surface area contributed by atoms with Gasteiger partial charge in [-0.25, -0.2) is 0 Å². The summed E-state index contributed by atoms with van der Waals surface area (Å²) in [6, 6.07) is 0. The second-order valence-electron chi connectivity index (χ2n) is 3.07. The third kappa shape index (κ3) is 4.77. The summed E-state index contributed by atoms with van der Waals surface area (Å²) in [6.45, 7) is 8.10. The van der Waals surface area contributed by atoms with E-state index in [0.717, 1.165) is 19.6 Å². The maximum atomic E-state index is 5.56. The number of hydrogen-bond acceptors (Lipinski definition) is 2. The summed E-state index contributed by atoms with van der Waals surface area (Å²) < 4.78 is 5.56. The first-order chi connectivity index (χ1) is 4.62. The highest BCUT2D eigenvalue weighted by Crippen LogP contribution is 2.12. The zero-order chi connectivity index (χ0) is 8.04. The van der Waals surface area contributed by atoms with Gasteiger partial charge >= 0.3 is 0 Å². The molecule has 0 atom stereocenters. The largest absolute Gasteiger partial charge is 0.374 e. The van der Waals surface area contributed by atoms with E-state index < -0.39 is 0 Å². The minimum atomic E-state index is 0.0524. The Morgan fingerprint density at radius 2 is 2.00 bits per heavy atom. The molecule has 0 aliphatic rings. The first-order valence-corrected chi connectivity index (χ1v) is 3.91. The fraction of sp³-hybridized carbons (Fsp3) is 1.00. The monoisotopic (exact) mass is 145 g/mol. The van der Waals surface area contributed by atoms with Crippen molar-refractivity contribution >= 4 is 0 Å². The number of ether oxygens (including phenoxy) is 1. The van der Waals surface area contributed by atoms with Crippen molar-refractivity contribution in [3.8, 4) is 0 Å². The predicted octanol–water partition coefficient (Wildman–Crippen LogP) is 1.41. The highest BCUT2D eigenvalue weighted by molar-refractivity contribution is 4.64. The number of nitrogens with one attached hydrogen (secondary N) is 1. The molecular formula is C8H19NO. The Kier molecular flexibility index (Phi) is 4.65.